The van der Waals surface area contributed by atoms with Crippen molar-refractivity contribution in [1.29, 1.82) is 0 Å². The molecule has 3 saturated heterocycles. The highest BCUT2D eigenvalue weighted by atomic mass is 32.2. The molecule has 8 nitrogen and oxygen atoms in total. The van der Waals surface area contributed by atoms with Gasteiger partial charge in [-0.15, -0.1) is 0 Å². The van der Waals surface area contributed by atoms with Gasteiger partial charge in [0, 0.05) is 26.2 Å². The molecule has 188 valence electrons. The highest BCUT2D eigenvalue weighted by Crippen LogP contribution is 2.42. The molecule has 3 aliphatic rings. The molecule has 0 bridgehead atoms. The van der Waals surface area contributed by atoms with E-state index >= 15 is 0 Å². The minimum absolute atomic E-state index is 0.0129. The molecule has 2 aromatic carbocycles. The van der Waals surface area contributed by atoms with Crippen LogP contribution < -0.4 is 4.74 Å². The summed E-state index contributed by atoms with van der Waals surface area (Å²) in [5.74, 6) is 1.05. The number of benzene rings is 2. The monoisotopic (exact) mass is 518 g/mol. The van der Waals surface area contributed by atoms with E-state index in [9.17, 15) is 21.6 Å². The highest BCUT2D eigenvalue weighted by molar-refractivity contribution is 7.95. The van der Waals surface area contributed by atoms with Crippen LogP contribution in [0.2, 0.25) is 0 Å². The van der Waals surface area contributed by atoms with Gasteiger partial charge >= 0.3 is 0 Å². The maximum Gasteiger partial charge on any atom is 0.230 e. The second-order valence-corrected chi connectivity index (χ2v) is 14.3. The number of carbonyl (C=O) groups is 1. The molecule has 0 N–H and O–H groups in total. The van der Waals surface area contributed by atoms with E-state index < -0.39 is 30.5 Å². The van der Waals surface area contributed by atoms with Crippen molar-refractivity contribution in [2.24, 2.45) is 5.41 Å². The summed E-state index contributed by atoms with van der Waals surface area (Å²) in [5.41, 5.74) is 0.256. The minimum atomic E-state index is -3.76. The molecular weight excluding hydrogens is 488 g/mol. The van der Waals surface area contributed by atoms with Gasteiger partial charge in [-0.25, -0.2) is 21.1 Å². The Morgan fingerprint density at radius 3 is 2.37 bits per heavy atom. The van der Waals surface area contributed by atoms with Crippen molar-refractivity contribution in [3.63, 3.8) is 0 Å². The van der Waals surface area contributed by atoms with Crippen molar-refractivity contribution in [3.05, 3.63) is 60.2 Å². The number of sulfone groups is 1. The third kappa shape index (κ3) is 4.96. The Morgan fingerprint density at radius 2 is 1.69 bits per heavy atom. The summed E-state index contributed by atoms with van der Waals surface area (Å²) in [7, 11) is -7.07. The molecule has 35 heavy (non-hydrogen) atoms. The van der Waals surface area contributed by atoms with Crippen molar-refractivity contribution in [2.75, 3.05) is 31.1 Å². The summed E-state index contributed by atoms with van der Waals surface area (Å²) < 4.78 is 57.3. The third-order valence-electron chi connectivity index (χ3n) is 7.39. The number of rotatable bonds is 6. The predicted octanol–water partition coefficient (Wildman–Crippen LogP) is 2.81. The number of carbonyl (C=O) groups excluding carboxylic acids is 1. The van der Waals surface area contributed by atoms with Gasteiger partial charge in [0.05, 0.1) is 22.2 Å². The summed E-state index contributed by atoms with van der Waals surface area (Å²) in [5, 5.41) is -0.896. The van der Waals surface area contributed by atoms with Crippen molar-refractivity contribution >= 4 is 25.8 Å². The first-order valence-corrected chi connectivity index (χ1v) is 15.3. The smallest absolute Gasteiger partial charge is 0.230 e. The predicted molar refractivity (Wildman–Crippen MR) is 132 cm³/mol. The first-order valence-electron chi connectivity index (χ1n) is 12.0. The van der Waals surface area contributed by atoms with Gasteiger partial charge in [0.15, 0.2) is 9.84 Å². The number of sulfonamides is 1. The van der Waals surface area contributed by atoms with E-state index in [1.807, 2.05) is 59.5 Å². The van der Waals surface area contributed by atoms with Crippen molar-refractivity contribution in [3.8, 4) is 11.5 Å². The fourth-order valence-electron chi connectivity index (χ4n) is 5.44. The molecule has 2 atom stereocenters. The summed E-state index contributed by atoms with van der Waals surface area (Å²) in [6, 6.07) is 17.1. The first-order chi connectivity index (χ1) is 16.7. The van der Waals surface area contributed by atoms with Crippen LogP contribution in [-0.4, -0.2) is 68.3 Å². The van der Waals surface area contributed by atoms with Crippen LogP contribution in [0.15, 0.2) is 54.6 Å². The summed E-state index contributed by atoms with van der Waals surface area (Å²) in [6.45, 7) is 1.52. The Hall–Kier alpha value is -2.43. The molecule has 0 saturated carbocycles. The molecule has 1 spiro atoms. The van der Waals surface area contributed by atoms with Crippen molar-refractivity contribution in [2.45, 2.75) is 37.5 Å². The molecule has 3 aliphatic heterocycles. The van der Waals surface area contributed by atoms with Crippen LogP contribution in [-0.2, 0) is 31.2 Å². The van der Waals surface area contributed by atoms with Crippen molar-refractivity contribution in [1.82, 2.24) is 9.21 Å². The van der Waals surface area contributed by atoms with Gasteiger partial charge in [-0.3, -0.25) is 4.79 Å². The first kappa shape index (κ1) is 24.3. The Kier molecular flexibility index (Phi) is 6.39. The van der Waals surface area contributed by atoms with E-state index in [-0.39, 0.29) is 30.4 Å². The fourth-order valence-corrected chi connectivity index (χ4v) is 10.1. The molecule has 2 unspecified atom stereocenters. The van der Waals surface area contributed by atoms with Gasteiger partial charge < -0.3 is 9.64 Å². The number of amides is 1. The quantitative estimate of drug-likeness (QED) is 0.583. The topological polar surface area (TPSA) is 101 Å². The second-order valence-electron chi connectivity index (χ2n) is 9.82. The Bertz CT molecular complexity index is 1300. The van der Waals surface area contributed by atoms with Gasteiger partial charge in [-0.2, -0.15) is 0 Å². The van der Waals surface area contributed by atoms with Gasteiger partial charge in [0.2, 0.25) is 15.9 Å². The highest BCUT2D eigenvalue weighted by Gasteiger charge is 2.52. The summed E-state index contributed by atoms with van der Waals surface area (Å²) in [6.07, 6.45) is 2.00. The number of nitrogens with zero attached hydrogens (tertiary/aromatic N) is 2. The lowest BCUT2D eigenvalue weighted by Crippen LogP contribution is -2.52. The largest absolute Gasteiger partial charge is 0.457 e. The zero-order chi connectivity index (χ0) is 24.7. The average molecular weight is 519 g/mol. The summed E-state index contributed by atoms with van der Waals surface area (Å²) >= 11 is 0. The molecule has 0 aromatic heterocycles. The minimum Gasteiger partial charge on any atom is -0.457 e. The van der Waals surface area contributed by atoms with Crippen LogP contribution in [0.4, 0.5) is 0 Å². The molecular formula is C25H30N2O6S2. The molecule has 0 radical (unpaired) electrons. The van der Waals surface area contributed by atoms with Crippen LogP contribution in [0.25, 0.3) is 0 Å². The van der Waals surface area contributed by atoms with Crippen LogP contribution in [0.5, 0.6) is 11.5 Å². The summed E-state index contributed by atoms with van der Waals surface area (Å²) in [4.78, 5) is 15.3. The van der Waals surface area contributed by atoms with E-state index in [1.54, 1.807) is 0 Å². The maximum atomic E-state index is 13.5. The Morgan fingerprint density at radius 1 is 0.971 bits per heavy atom. The van der Waals surface area contributed by atoms with Gasteiger partial charge in [0.1, 0.15) is 11.5 Å². The average Bonchev–Trinajstić information content (AvgIpc) is 3.36. The Balaban J connectivity index is 1.24. The van der Waals surface area contributed by atoms with Gasteiger partial charge in [-0.1, -0.05) is 30.3 Å². The SMILES string of the molecule is O=C1N(Cc2ccc(Oc3ccccc3)cc2)CCC12CCCN(S(=O)(=O)C1CCS(=O)(=O)C1)C2. The van der Waals surface area contributed by atoms with Gasteiger partial charge in [0.25, 0.3) is 0 Å². The molecule has 1 amide bonds. The molecule has 2 aromatic rings. The number of piperidine rings is 1. The van der Waals surface area contributed by atoms with E-state index in [0.717, 1.165) is 11.3 Å². The number of hydrogen-bond acceptors (Lipinski definition) is 6. The number of ether oxygens (including phenoxy) is 1. The molecule has 3 fully saturated rings. The third-order valence-corrected chi connectivity index (χ3v) is 11.6. The van der Waals surface area contributed by atoms with Crippen LogP contribution in [0.1, 0.15) is 31.2 Å². The Labute approximate surface area is 206 Å². The lowest BCUT2D eigenvalue weighted by atomic mass is 9.79. The zero-order valence-corrected chi connectivity index (χ0v) is 21.1. The van der Waals surface area contributed by atoms with E-state index in [4.69, 9.17) is 4.74 Å². The molecule has 10 heteroatoms. The number of para-hydroxylation sites is 1. The van der Waals surface area contributed by atoms with Crippen LogP contribution >= 0.6 is 0 Å². The number of likely N-dealkylation sites (tertiary alicyclic amines) is 1. The lowest BCUT2D eigenvalue weighted by molar-refractivity contribution is -0.138. The normalized spacial score (nSPS) is 26.9. The van der Waals surface area contributed by atoms with E-state index in [0.29, 0.717) is 44.6 Å². The van der Waals surface area contributed by atoms with Crippen LogP contribution in [0.3, 0.4) is 0 Å². The lowest BCUT2D eigenvalue weighted by Gasteiger charge is -2.39. The standard InChI is InChI=1S/C25H30N2O6S2/c28-24-25(12-4-14-27(19-25)35(31,32)23-11-16-34(29,30)18-23)13-15-26(24)17-20-7-9-22(10-8-20)33-21-5-2-1-3-6-21/h1-3,5-10,23H,4,11-19H2. The fraction of sp³-hybridized carbons (Fsp3) is 0.480. The van der Waals surface area contributed by atoms with Gasteiger partial charge in [-0.05, 0) is 55.5 Å². The zero-order valence-electron chi connectivity index (χ0n) is 19.5. The maximum absolute atomic E-state index is 13.5. The van der Waals surface area contributed by atoms with Crippen molar-refractivity contribution < 1.29 is 26.4 Å². The van der Waals surface area contributed by atoms with E-state index in [1.165, 1.54) is 4.31 Å². The molecule has 3 heterocycles. The second kappa shape index (κ2) is 9.22. The molecule has 5 rings (SSSR count). The van der Waals surface area contributed by atoms with Crippen LogP contribution in [0, 0.1) is 5.41 Å². The molecule has 0 aliphatic carbocycles. The number of hydrogen-bond donors (Lipinski definition) is 0. The van der Waals surface area contributed by atoms with E-state index in [2.05, 4.69) is 0 Å².